The number of aryl methyl sites for hydroxylation is 1. The third kappa shape index (κ3) is 4.96. The van der Waals surface area contributed by atoms with Crippen molar-refractivity contribution in [2.75, 3.05) is 13.2 Å². The fraction of sp³-hybridized carbons (Fsp3) is 0.333. The van der Waals surface area contributed by atoms with Crippen LogP contribution in [0.5, 0.6) is 17.6 Å². The Labute approximate surface area is 176 Å². The first-order chi connectivity index (χ1) is 14.6. The van der Waals surface area contributed by atoms with Gasteiger partial charge in [0.15, 0.2) is 6.29 Å². The fourth-order valence-corrected chi connectivity index (χ4v) is 3.26. The van der Waals surface area contributed by atoms with Gasteiger partial charge in [0, 0.05) is 17.3 Å². The molecule has 1 saturated heterocycles. The minimum atomic E-state index is -0.355. The van der Waals surface area contributed by atoms with Gasteiger partial charge < -0.3 is 18.9 Å². The van der Waals surface area contributed by atoms with E-state index >= 15 is 0 Å². The Bertz CT molecular complexity index is 986. The molecule has 0 radical (unpaired) electrons. The molecule has 1 aliphatic heterocycles. The lowest BCUT2D eigenvalue weighted by molar-refractivity contribution is -0.0442. The number of rotatable bonds is 7. The molecule has 0 spiro atoms. The van der Waals surface area contributed by atoms with Crippen LogP contribution in [0.3, 0.4) is 0 Å². The number of hydrogen-bond acceptors (Lipinski definition) is 6. The number of nitrogens with zero attached hydrogens (tertiary/aromatic N) is 2. The van der Waals surface area contributed by atoms with Crippen molar-refractivity contribution in [2.45, 2.75) is 39.6 Å². The minimum absolute atomic E-state index is 0.203. The van der Waals surface area contributed by atoms with Crippen LogP contribution in [0.2, 0.25) is 0 Å². The zero-order chi connectivity index (χ0) is 20.9. The number of hydrogen-bond donors (Lipinski definition) is 0. The maximum absolute atomic E-state index is 6.20. The van der Waals surface area contributed by atoms with Gasteiger partial charge in [-0.15, -0.1) is 0 Å². The van der Waals surface area contributed by atoms with E-state index in [1.54, 1.807) is 6.20 Å². The molecule has 1 fully saturated rings. The number of benzene rings is 2. The largest absolute Gasteiger partial charge is 0.459 e. The van der Waals surface area contributed by atoms with Crippen molar-refractivity contribution in [3.05, 3.63) is 77.0 Å². The summed E-state index contributed by atoms with van der Waals surface area (Å²) in [6, 6.07) is 16.2. The highest BCUT2D eigenvalue weighted by atomic mass is 16.7. The molecule has 0 bridgehead atoms. The number of aromatic nitrogens is 2. The molecule has 6 heteroatoms. The average Bonchev–Trinajstić information content (AvgIpc) is 3.27. The summed E-state index contributed by atoms with van der Waals surface area (Å²) in [4.78, 5) is 8.91. The van der Waals surface area contributed by atoms with Crippen LogP contribution in [-0.4, -0.2) is 23.2 Å². The maximum Gasteiger partial charge on any atom is 0.320 e. The predicted molar refractivity (Wildman–Crippen MR) is 113 cm³/mol. The lowest BCUT2D eigenvalue weighted by Gasteiger charge is -2.16. The van der Waals surface area contributed by atoms with Gasteiger partial charge in [-0.1, -0.05) is 50.2 Å². The SMILES string of the molecule is Cc1cc(Oc2nc(OCc3ccccc3)ncc2C(C)C)cc(C2OCCO2)c1. The van der Waals surface area contributed by atoms with Crippen molar-refractivity contribution in [3.8, 4) is 17.6 Å². The van der Waals surface area contributed by atoms with E-state index in [0.717, 1.165) is 22.3 Å². The summed E-state index contributed by atoms with van der Waals surface area (Å²) in [6.45, 7) is 7.77. The van der Waals surface area contributed by atoms with Gasteiger partial charge in [-0.3, -0.25) is 0 Å². The van der Waals surface area contributed by atoms with Gasteiger partial charge in [-0.05, 0) is 36.1 Å². The standard InChI is InChI=1S/C24H26N2O4/c1-16(2)21-14-25-24(29-15-18-7-5-4-6-8-18)26-22(21)30-20-12-17(3)11-19(13-20)23-27-9-10-28-23/h4-8,11-14,16,23H,9-10,15H2,1-3H3. The van der Waals surface area contributed by atoms with Crippen molar-refractivity contribution in [3.63, 3.8) is 0 Å². The second kappa shape index (κ2) is 9.24. The summed E-state index contributed by atoms with van der Waals surface area (Å²) >= 11 is 0. The Kier molecular flexibility index (Phi) is 6.26. The van der Waals surface area contributed by atoms with Crippen molar-refractivity contribution in [1.29, 1.82) is 0 Å². The Morgan fingerprint density at radius 1 is 1.07 bits per heavy atom. The minimum Gasteiger partial charge on any atom is -0.459 e. The van der Waals surface area contributed by atoms with Crippen LogP contribution in [0.1, 0.15) is 48.3 Å². The summed E-state index contributed by atoms with van der Waals surface area (Å²) in [7, 11) is 0. The van der Waals surface area contributed by atoms with Crippen molar-refractivity contribution in [2.24, 2.45) is 0 Å². The van der Waals surface area contributed by atoms with Gasteiger partial charge in [0.05, 0.1) is 13.2 Å². The zero-order valence-electron chi connectivity index (χ0n) is 17.5. The Balaban J connectivity index is 1.57. The second-order valence-electron chi connectivity index (χ2n) is 7.60. The van der Waals surface area contributed by atoms with Crippen LogP contribution >= 0.6 is 0 Å². The molecule has 0 saturated carbocycles. The van der Waals surface area contributed by atoms with E-state index in [0.29, 0.717) is 31.5 Å². The Morgan fingerprint density at radius 3 is 2.57 bits per heavy atom. The molecule has 6 nitrogen and oxygen atoms in total. The molecule has 156 valence electrons. The van der Waals surface area contributed by atoms with Gasteiger partial charge in [-0.25, -0.2) is 4.98 Å². The van der Waals surface area contributed by atoms with E-state index in [1.807, 2.05) is 55.5 Å². The van der Waals surface area contributed by atoms with E-state index in [9.17, 15) is 0 Å². The van der Waals surface area contributed by atoms with Gasteiger partial charge in [0.25, 0.3) is 0 Å². The first-order valence-corrected chi connectivity index (χ1v) is 10.1. The molecule has 0 N–H and O–H groups in total. The highest BCUT2D eigenvalue weighted by Gasteiger charge is 2.20. The molecule has 0 atom stereocenters. The maximum atomic E-state index is 6.20. The van der Waals surface area contributed by atoms with Gasteiger partial charge in [0.1, 0.15) is 12.4 Å². The normalized spacial score (nSPS) is 14.3. The topological polar surface area (TPSA) is 62.7 Å². The third-order valence-electron chi connectivity index (χ3n) is 4.77. The monoisotopic (exact) mass is 406 g/mol. The van der Waals surface area contributed by atoms with Crippen LogP contribution in [0.15, 0.2) is 54.7 Å². The molecule has 4 rings (SSSR count). The van der Waals surface area contributed by atoms with Gasteiger partial charge in [-0.2, -0.15) is 4.98 Å². The Morgan fingerprint density at radius 2 is 1.83 bits per heavy atom. The van der Waals surface area contributed by atoms with Crippen molar-refractivity contribution >= 4 is 0 Å². The summed E-state index contributed by atoms with van der Waals surface area (Å²) in [5, 5.41) is 0. The van der Waals surface area contributed by atoms with Crippen molar-refractivity contribution < 1.29 is 18.9 Å². The highest BCUT2D eigenvalue weighted by molar-refractivity contribution is 5.39. The molecule has 30 heavy (non-hydrogen) atoms. The van der Waals surface area contributed by atoms with E-state index in [1.165, 1.54) is 0 Å². The van der Waals surface area contributed by atoms with Crippen LogP contribution in [0.25, 0.3) is 0 Å². The van der Waals surface area contributed by atoms with E-state index in [2.05, 4.69) is 23.8 Å². The fourth-order valence-electron chi connectivity index (χ4n) is 3.26. The molecule has 2 aromatic carbocycles. The Hall–Kier alpha value is -2.96. The lowest BCUT2D eigenvalue weighted by Crippen LogP contribution is -2.04. The smallest absolute Gasteiger partial charge is 0.320 e. The molecule has 3 aromatic rings. The highest BCUT2D eigenvalue weighted by Crippen LogP contribution is 2.33. The molecule has 2 heterocycles. The third-order valence-corrected chi connectivity index (χ3v) is 4.77. The first kappa shape index (κ1) is 20.3. The van der Waals surface area contributed by atoms with Crippen LogP contribution < -0.4 is 9.47 Å². The van der Waals surface area contributed by atoms with Gasteiger partial charge >= 0.3 is 6.01 Å². The molecule has 0 unspecified atom stereocenters. The van der Waals surface area contributed by atoms with Crippen LogP contribution in [0, 0.1) is 6.92 Å². The summed E-state index contributed by atoms with van der Waals surface area (Å²) in [6.07, 6.45) is 1.42. The molecular formula is C24H26N2O4. The van der Waals surface area contributed by atoms with E-state index in [4.69, 9.17) is 18.9 Å². The van der Waals surface area contributed by atoms with E-state index in [-0.39, 0.29) is 18.2 Å². The van der Waals surface area contributed by atoms with Crippen LogP contribution in [0.4, 0.5) is 0 Å². The summed E-state index contributed by atoms with van der Waals surface area (Å²) in [5.41, 5.74) is 3.96. The molecule has 1 aromatic heterocycles. The lowest BCUT2D eigenvalue weighted by atomic mass is 10.1. The summed E-state index contributed by atoms with van der Waals surface area (Å²) in [5.74, 6) is 1.38. The second-order valence-corrected chi connectivity index (χ2v) is 7.60. The van der Waals surface area contributed by atoms with Gasteiger partial charge in [0.2, 0.25) is 5.88 Å². The average molecular weight is 406 g/mol. The molecule has 1 aliphatic rings. The number of ether oxygens (including phenoxy) is 4. The quantitative estimate of drug-likeness (QED) is 0.529. The first-order valence-electron chi connectivity index (χ1n) is 10.1. The zero-order valence-corrected chi connectivity index (χ0v) is 17.5. The van der Waals surface area contributed by atoms with E-state index < -0.39 is 0 Å². The molecular weight excluding hydrogens is 380 g/mol. The predicted octanol–water partition coefficient (Wildman–Crippen LogP) is 5.33. The molecule has 0 aliphatic carbocycles. The van der Waals surface area contributed by atoms with Crippen LogP contribution in [-0.2, 0) is 16.1 Å². The molecule has 0 amide bonds. The summed E-state index contributed by atoms with van der Waals surface area (Å²) < 4.78 is 23.3. The van der Waals surface area contributed by atoms with Crippen molar-refractivity contribution in [1.82, 2.24) is 9.97 Å².